The van der Waals surface area contributed by atoms with Crippen LogP contribution in [0.5, 0.6) is 0 Å². The first-order chi connectivity index (χ1) is 6.81. The van der Waals surface area contributed by atoms with Crippen molar-refractivity contribution in [1.29, 1.82) is 0 Å². The van der Waals surface area contributed by atoms with Crippen LogP contribution in [0.1, 0.15) is 52.9 Å². The van der Waals surface area contributed by atoms with E-state index in [9.17, 15) is 0 Å². The zero-order valence-corrected chi connectivity index (χ0v) is 10.1. The molecule has 0 fully saturated rings. The predicted octanol–water partition coefficient (Wildman–Crippen LogP) is 2.97. The van der Waals surface area contributed by atoms with Crippen molar-refractivity contribution < 1.29 is 4.74 Å². The third-order valence-electron chi connectivity index (χ3n) is 2.25. The van der Waals surface area contributed by atoms with Gasteiger partial charge >= 0.3 is 0 Å². The van der Waals surface area contributed by atoms with Gasteiger partial charge in [0.2, 0.25) is 0 Å². The molecule has 0 rings (SSSR count). The Morgan fingerprint density at radius 2 is 1.86 bits per heavy atom. The molecule has 0 spiro atoms. The summed E-state index contributed by atoms with van der Waals surface area (Å²) >= 11 is 0. The fraction of sp³-hybridized carbons (Fsp3) is 1.00. The van der Waals surface area contributed by atoms with E-state index >= 15 is 0 Å². The van der Waals surface area contributed by atoms with Gasteiger partial charge in [0, 0.05) is 12.6 Å². The van der Waals surface area contributed by atoms with E-state index in [1.54, 1.807) is 0 Å². The highest BCUT2D eigenvalue weighted by Gasteiger charge is 1.99. The van der Waals surface area contributed by atoms with E-state index in [2.05, 4.69) is 26.1 Å². The maximum Gasteiger partial charge on any atom is 0.0616 e. The van der Waals surface area contributed by atoms with Gasteiger partial charge in [0.05, 0.1) is 6.61 Å². The van der Waals surface area contributed by atoms with Crippen LogP contribution < -0.4 is 5.32 Å². The molecule has 0 amide bonds. The van der Waals surface area contributed by atoms with E-state index in [1.807, 2.05) is 0 Å². The molecule has 0 aliphatic carbocycles. The average molecular weight is 201 g/mol. The van der Waals surface area contributed by atoms with Gasteiger partial charge in [0.15, 0.2) is 0 Å². The van der Waals surface area contributed by atoms with Gasteiger partial charge < -0.3 is 10.1 Å². The van der Waals surface area contributed by atoms with Crippen molar-refractivity contribution >= 4 is 0 Å². The van der Waals surface area contributed by atoms with Crippen molar-refractivity contribution in [2.45, 2.75) is 58.9 Å². The average Bonchev–Trinajstić information content (AvgIpc) is 2.20. The minimum atomic E-state index is 0.501. The van der Waals surface area contributed by atoms with Gasteiger partial charge in [-0.15, -0.1) is 0 Å². The summed E-state index contributed by atoms with van der Waals surface area (Å²) in [6.45, 7) is 9.48. The molecule has 1 atom stereocenters. The number of ether oxygens (including phenoxy) is 1. The quantitative estimate of drug-likeness (QED) is 0.549. The van der Waals surface area contributed by atoms with Crippen molar-refractivity contribution in [3.05, 3.63) is 0 Å². The van der Waals surface area contributed by atoms with E-state index < -0.39 is 0 Å². The molecule has 0 bridgehead atoms. The highest BCUT2D eigenvalue weighted by atomic mass is 16.5. The Morgan fingerprint density at radius 3 is 2.50 bits per heavy atom. The van der Waals surface area contributed by atoms with Gasteiger partial charge in [0.1, 0.15) is 0 Å². The van der Waals surface area contributed by atoms with Crippen LogP contribution in [0.2, 0.25) is 0 Å². The molecule has 14 heavy (non-hydrogen) atoms. The van der Waals surface area contributed by atoms with Gasteiger partial charge in [-0.25, -0.2) is 0 Å². The molecule has 86 valence electrons. The summed E-state index contributed by atoms with van der Waals surface area (Å²) in [4.78, 5) is 0. The van der Waals surface area contributed by atoms with E-state index in [1.165, 1.54) is 32.1 Å². The SMILES string of the molecule is CCCCCCOCC(C)NCCC. The number of unbranched alkanes of at least 4 members (excludes halogenated alkanes) is 3. The molecule has 0 aliphatic rings. The first-order valence-electron chi connectivity index (χ1n) is 6.12. The van der Waals surface area contributed by atoms with Crippen LogP contribution in [0.3, 0.4) is 0 Å². The Morgan fingerprint density at radius 1 is 1.07 bits per heavy atom. The Bertz CT molecular complexity index is 106. The molecule has 0 aromatic rings. The van der Waals surface area contributed by atoms with Crippen molar-refractivity contribution in [2.24, 2.45) is 0 Å². The van der Waals surface area contributed by atoms with Crippen LogP contribution in [-0.4, -0.2) is 25.8 Å². The smallest absolute Gasteiger partial charge is 0.0616 e. The second-order valence-electron chi connectivity index (χ2n) is 3.99. The molecule has 0 aromatic carbocycles. The first-order valence-corrected chi connectivity index (χ1v) is 6.12. The largest absolute Gasteiger partial charge is 0.380 e. The van der Waals surface area contributed by atoms with E-state index in [-0.39, 0.29) is 0 Å². The van der Waals surface area contributed by atoms with Crippen molar-refractivity contribution in [3.63, 3.8) is 0 Å². The summed E-state index contributed by atoms with van der Waals surface area (Å²) in [7, 11) is 0. The maximum absolute atomic E-state index is 5.58. The molecule has 2 heteroatoms. The van der Waals surface area contributed by atoms with E-state index in [0.717, 1.165) is 19.8 Å². The van der Waals surface area contributed by atoms with E-state index in [0.29, 0.717) is 6.04 Å². The van der Waals surface area contributed by atoms with Crippen LogP contribution in [0.4, 0.5) is 0 Å². The fourth-order valence-corrected chi connectivity index (χ4v) is 1.34. The molecule has 2 nitrogen and oxygen atoms in total. The van der Waals surface area contributed by atoms with Gasteiger partial charge in [-0.3, -0.25) is 0 Å². The van der Waals surface area contributed by atoms with Crippen LogP contribution in [0, 0.1) is 0 Å². The van der Waals surface area contributed by atoms with E-state index in [4.69, 9.17) is 4.74 Å². The molecule has 0 aromatic heterocycles. The summed E-state index contributed by atoms with van der Waals surface area (Å²) in [6.07, 6.45) is 6.36. The summed E-state index contributed by atoms with van der Waals surface area (Å²) in [5, 5.41) is 3.41. The summed E-state index contributed by atoms with van der Waals surface area (Å²) < 4.78 is 5.58. The van der Waals surface area contributed by atoms with Gasteiger partial charge in [-0.05, 0) is 26.3 Å². The van der Waals surface area contributed by atoms with Crippen LogP contribution in [-0.2, 0) is 4.74 Å². The summed E-state index contributed by atoms with van der Waals surface area (Å²) in [5.41, 5.74) is 0. The lowest BCUT2D eigenvalue weighted by Gasteiger charge is -2.13. The third kappa shape index (κ3) is 10.0. The number of hydrogen-bond acceptors (Lipinski definition) is 2. The van der Waals surface area contributed by atoms with Crippen molar-refractivity contribution in [1.82, 2.24) is 5.32 Å². The fourth-order valence-electron chi connectivity index (χ4n) is 1.34. The highest BCUT2D eigenvalue weighted by Crippen LogP contribution is 1.99. The minimum absolute atomic E-state index is 0.501. The number of hydrogen-bond donors (Lipinski definition) is 1. The maximum atomic E-state index is 5.58. The zero-order chi connectivity index (χ0) is 10.6. The van der Waals surface area contributed by atoms with Crippen LogP contribution in [0.25, 0.3) is 0 Å². The Labute approximate surface area is 89.4 Å². The molecular formula is C12H27NO. The van der Waals surface area contributed by atoms with Crippen LogP contribution in [0.15, 0.2) is 0 Å². The second-order valence-corrected chi connectivity index (χ2v) is 3.99. The monoisotopic (exact) mass is 201 g/mol. The second kappa shape index (κ2) is 11.0. The standard InChI is InChI=1S/C12H27NO/c1-4-6-7-8-10-14-11-12(3)13-9-5-2/h12-13H,4-11H2,1-3H3. The summed E-state index contributed by atoms with van der Waals surface area (Å²) in [5.74, 6) is 0. The van der Waals surface area contributed by atoms with Gasteiger partial charge in [-0.2, -0.15) is 0 Å². The van der Waals surface area contributed by atoms with Crippen molar-refractivity contribution in [3.8, 4) is 0 Å². The molecule has 1 unspecified atom stereocenters. The molecule has 0 heterocycles. The molecule has 0 saturated heterocycles. The lowest BCUT2D eigenvalue weighted by atomic mass is 10.2. The third-order valence-corrected chi connectivity index (χ3v) is 2.25. The van der Waals surface area contributed by atoms with Gasteiger partial charge in [-0.1, -0.05) is 33.1 Å². The molecule has 0 radical (unpaired) electrons. The Hall–Kier alpha value is -0.0800. The van der Waals surface area contributed by atoms with Crippen molar-refractivity contribution in [2.75, 3.05) is 19.8 Å². The number of rotatable bonds is 10. The normalized spacial score (nSPS) is 13.1. The molecular weight excluding hydrogens is 174 g/mol. The minimum Gasteiger partial charge on any atom is -0.380 e. The lowest BCUT2D eigenvalue weighted by molar-refractivity contribution is 0.112. The predicted molar refractivity (Wildman–Crippen MR) is 62.7 cm³/mol. The Balaban J connectivity index is 3.02. The number of nitrogens with one attached hydrogen (secondary N) is 1. The zero-order valence-electron chi connectivity index (χ0n) is 10.1. The topological polar surface area (TPSA) is 21.3 Å². The molecule has 1 N–H and O–H groups in total. The molecule has 0 saturated carbocycles. The highest BCUT2D eigenvalue weighted by molar-refractivity contribution is 4.57. The van der Waals surface area contributed by atoms with Gasteiger partial charge in [0.25, 0.3) is 0 Å². The lowest BCUT2D eigenvalue weighted by Crippen LogP contribution is -2.31. The Kier molecular flexibility index (Phi) is 10.9. The van der Waals surface area contributed by atoms with Crippen LogP contribution >= 0.6 is 0 Å². The molecule has 0 aliphatic heterocycles. The summed E-state index contributed by atoms with van der Waals surface area (Å²) in [6, 6.07) is 0.501. The first kappa shape index (κ1) is 13.9.